The van der Waals surface area contributed by atoms with Crippen LogP contribution in [0.3, 0.4) is 0 Å². The average molecular weight is 456 g/mol. The molecule has 1 aliphatic rings. The standard InChI is InChI=1S/C24H19F3N2O2S/c1-15-5-11-20(12-6-15)29-21(30)14-32-23(29)16-7-9-19(10-8-16)28-22(31)17-3-2-4-18(13-17)24(25,26)27/h2-13,23H,14H2,1H3,(H,28,31)/t23-/m0/s1. The zero-order valence-electron chi connectivity index (χ0n) is 17.0. The number of alkyl halides is 3. The fraction of sp³-hybridized carbons (Fsp3) is 0.167. The molecule has 3 aromatic rings. The van der Waals surface area contributed by atoms with Crippen LogP contribution in [-0.4, -0.2) is 17.6 Å². The van der Waals surface area contributed by atoms with Gasteiger partial charge in [-0.3, -0.25) is 14.5 Å². The number of carbonyl (C=O) groups excluding carboxylic acids is 2. The quantitative estimate of drug-likeness (QED) is 0.520. The Morgan fingerprint density at radius 2 is 1.72 bits per heavy atom. The number of carbonyl (C=O) groups is 2. The number of hydrogen-bond acceptors (Lipinski definition) is 3. The Bertz CT molecular complexity index is 1150. The van der Waals surface area contributed by atoms with Crippen LogP contribution in [-0.2, 0) is 11.0 Å². The fourth-order valence-corrected chi connectivity index (χ4v) is 4.60. The summed E-state index contributed by atoms with van der Waals surface area (Å²) in [6.07, 6.45) is -4.52. The van der Waals surface area contributed by atoms with Crippen LogP contribution in [0, 0.1) is 6.92 Å². The van der Waals surface area contributed by atoms with Gasteiger partial charge in [-0.15, -0.1) is 11.8 Å². The number of halogens is 3. The van der Waals surface area contributed by atoms with Crippen molar-refractivity contribution in [3.8, 4) is 0 Å². The van der Waals surface area contributed by atoms with Crippen molar-refractivity contribution in [2.24, 2.45) is 0 Å². The molecule has 1 aliphatic heterocycles. The van der Waals surface area contributed by atoms with E-state index in [4.69, 9.17) is 0 Å². The number of amides is 2. The number of anilines is 2. The monoisotopic (exact) mass is 456 g/mol. The highest BCUT2D eigenvalue weighted by Gasteiger charge is 2.34. The third kappa shape index (κ3) is 4.65. The van der Waals surface area contributed by atoms with E-state index in [2.05, 4.69) is 5.32 Å². The first-order chi connectivity index (χ1) is 15.2. The Kier molecular flexibility index (Phi) is 5.97. The van der Waals surface area contributed by atoms with Gasteiger partial charge in [0.05, 0.1) is 11.3 Å². The lowest BCUT2D eigenvalue weighted by Crippen LogP contribution is -2.27. The highest BCUT2D eigenvalue weighted by Crippen LogP contribution is 2.42. The van der Waals surface area contributed by atoms with Gasteiger partial charge >= 0.3 is 6.18 Å². The minimum absolute atomic E-state index is 0.0192. The third-order valence-electron chi connectivity index (χ3n) is 5.09. The third-order valence-corrected chi connectivity index (χ3v) is 6.30. The van der Waals surface area contributed by atoms with E-state index in [1.165, 1.54) is 23.9 Å². The van der Waals surface area contributed by atoms with E-state index in [0.29, 0.717) is 11.4 Å². The first-order valence-electron chi connectivity index (χ1n) is 9.81. The molecule has 0 radical (unpaired) electrons. The second-order valence-electron chi connectivity index (χ2n) is 7.42. The summed E-state index contributed by atoms with van der Waals surface area (Å²) >= 11 is 1.51. The molecule has 1 fully saturated rings. The van der Waals surface area contributed by atoms with Gasteiger partial charge in [-0.05, 0) is 55.0 Å². The van der Waals surface area contributed by atoms with Crippen molar-refractivity contribution in [1.29, 1.82) is 0 Å². The van der Waals surface area contributed by atoms with Gasteiger partial charge in [0.25, 0.3) is 5.91 Å². The summed E-state index contributed by atoms with van der Waals surface area (Å²) in [4.78, 5) is 26.6. The maximum Gasteiger partial charge on any atom is 0.416 e. The van der Waals surface area contributed by atoms with E-state index in [1.807, 2.05) is 31.2 Å². The molecule has 1 heterocycles. The summed E-state index contributed by atoms with van der Waals surface area (Å²) in [5.74, 6) is -0.242. The van der Waals surface area contributed by atoms with Crippen molar-refractivity contribution >= 4 is 35.0 Å². The molecule has 8 heteroatoms. The van der Waals surface area contributed by atoms with Gasteiger partial charge in [-0.2, -0.15) is 13.2 Å². The molecule has 4 rings (SSSR count). The molecule has 0 spiro atoms. The Morgan fingerprint density at radius 1 is 1.03 bits per heavy atom. The lowest BCUT2D eigenvalue weighted by Gasteiger charge is -2.24. The van der Waals surface area contributed by atoms with Gasteiger partial charge in [0.15, 0.2) is 0 Å². The van der Waals surface area contributed by atoms with Crippen molar-refractivity contribution in [3.63, 3.8) is 0 Å². The van der Waals surface area contributed by atoms with Crippen LogP contribution in [0.4, 0.5) is 24.5 Å². The minimum Gasteiger partial charge on any atom is -0.322 e. The van der Waals surface area contributed by atoms with Crippen LogP contribution in [0.2, 0.25) is 0 Å². The number of nitrogens with one attached hydrogen (secondary N) is 1. The van der Waals surface area contributed by atoms with E-state index in [-0.39, 0.29) is 16.8 Å². The van der Waals surface area contributed by atoms with E-state index in [1.54, 1.807) is 29.2 Å². The molecule has 32 heavy (non-hydrogen) atoms. The smallest absolute Gasteiger partial charge is 0.322 e. The number of aryl methyl sites for hydroxylation is 1. The largest absolute Gasteiger partial charge is 0.416 e. The fourth-order valence-electron chi connectivity index (χ4n) is 3.43. The van der Waals surface area contributed by atoms with Crippen LogP contribution in [0.1, 0.15) is 32.4 Å². The second-order valence-corrected chi connectivity index (χ2v) is 8.49. The minimum atomic E-state index is -4.52. The van der Waals surface area contributed by atoms with Gasteiger partial charge in [-0.1, -0.05) is 35.9 Å². The number of thioether (sulfide) groups is 1. The van der Waals surface area contributed by atoms with Gasteiger partial charge in [0.1, 0.15) is 5.37 Å². The summed E-state index contributed by atoms with van der Waals surface area (Å²) < 4.78 is 38.7. The van der Waals surface area contributed by atoms with Crippen LogP contribution in [0.15, 0.2) is 72.8 Å². The Hall–Kier alpha value is -3.26. The molecule has 2 amide bonds. The molecule has 1 saturated heterocycles. The zero-order chi connectivity index (χ0) is 22.9. The Balaban J connectivity index is 1.50. The number of rotatable bonds is 4. The SMILES string of the molecule is Cc1ccc(N2C(=O)CS[C@H]2c2ccc(NC(=O)c3cccc(C(F)(F)F)c3)cc2)cc1. The molecular formula is C24H19F3N2O2S. The van der Waals surface area contributed by atoms with Crippen LogP contribution in [0.5, 0.6) is 0 Å². The molecule has 0 unspecified atom stereocenters. The number of hydrogen-bond donors (Lipinski definition) is 1. The topological polar surface area (TPSA) is 49.4 Å². The van der Waals surface area contributed by atoms with Crippen molar-refractivity contribution in [3.05, 3.63) is 95.1 Å². The van der Waals surface area contributed by atoms with Crippen molar-refractivity contribution < 1.29 is 22.8 Å². The maximum absolute atomic E-state index is 12.9. The molecule has 4 nitrogen and oxygen atoms in total. The molecule has 0 aliphatic carbocycles. The highest BCUT2D eigenvalue weighted by atomic mass is 32.2. The van der Waals surface area contributed by atoms with Crippen LogP contribution < -0.4 is 10.2 Å². The van der Waals surface area contributed by atoms with Gasteiger partial charge in [0, 0.05) is 16.9 Å². The second kappa shape index (κ2) is 8.70. The summed E-state index contributed by atoms with van der Waals surface area (Å²) in [6.45, 7) is 1.98. The van der Waals surface area contributed by atoms with E-state index < -0.39 is 17.6 Å². The van der Waals surface area contributed by atoms with E-state index in [0.717, 1.165) is 28.9 Å². The Morgan fingerprint density at radius 3 is 2.38 bits per heavy atom. The van der Waals surface area contributed by atoms with Crippen LogP contribution >= 0.6 is 11.8 Å². The van der Waals surface area contributed by atoms with Gasteiger partial charge in [0.2, 0.25) is 5.91 Å². The maximum atomic E-state index is 12.9. The van der Waals surface area contributed by atoms with Crippen LogP contribution in [0.25, 0.3) is 0 Å². The average Bonchev–Trinajstić information content (AvgIpc) is 3.16. The highest BCUT2D eigenvalue weighted by molar-refractivity contribution is 8.00. The summed E-state index contributed by atoms with van der Waals surface area (Å²) in [7, 11) is 0. The summed E-state index contributed by atoms with van der Waals surface area (Å²) in [5, 5.41) is 2.42. The Labute approximate surface area is 187 Å². The molecule has 3 aromatic carbocycles. The molecule has 1 N–H and O–H groups in total. The first-order valence-corrected chi connectivity index (χ1v) is 10.9. The molecule has 164 valence electrons. The predicted octanol–water partition coefficient (Wildman–Crippen LogP) is 6.04. The van der Waals surface area contributed by atoms with E-state index >= 15 is 0 Å². The van der Waals surface area contributed by atoms with Crippen molar-refractivity contribution in [2.75, 3.05) is 16.0 Å². The zero-order valence-corrected chi connectivity index (χ0v) is 17.8. The normalized spacial score (nSPS) is 16.3. The van der Waals surface area contributed by atoms with Gasteiger partial charge in [-0.25, -0.2) is 0 Å². The molecule has 1 atom stereocenters. The molecule has 0 aromatic heterocycles. The number of benzene rings is 3. The predicted molar refractivity (Wildman–Crippen MR) is 120 cm³/mol. The van der Waals surface area contributed by atoms with E-state index in [9.17, 15) is 22.8 Å². The first kappa shape index (κ1) is 22.0. The summed E-state index contributed by atoms with van der Waals surface area (Å²) in [6, 6.07) is 19.0. The number of nitrogens with zero attached hydrogens (tertiary/aromatic N) is 1. The van der Waals surface area contributed by atoms with Crippen molar-refractivity contribution in [1.82, 2.24) is 0 Å². The molecule has 0 bridgehead atoms. The lowest BCUT2D eigenvalue weighted by molar-refractivity contribution is -0.137. The lowest BCUT2D eigenvalue weighted by atomic mass is 10.1. The summed E-state index contributed by atoms with van der Waals surface area (Å²) in [5.41, 5.74) is 2.31. The van der Waals surface area contributed by atoms with Gasteiger partial charge < -0.3 is 5.32 Å². The molecular weight excluding hydrogens is 437 g/mol. The van der Waals surface area contributed by atoms with Crippen molar-refractivity contribution in [2.45, 2.75) is 18.5 Å². The molecule has 0 saturated carbocycles.